The first-order valence-electron chi connectivity index (χ1n) is 3.17. The SMILES string of the molecule is N.N.N.N.O=C(O)CC(O)(CC(=O)O)C(=O)O. The van der Waals surface area contributed by atoms with E-state index in [4.69, 9.17) is 20.4 Å². The molecule has 0 saturated carbocycles. The van der Waals surface area contributed by atoms with Crippen LogP contribution in [0, 0.1) is 0 Å². The summed E-state index contributed by atoms with van der Waals surface area (Å²) in [6.45, 7) is 0. The van der Waals surface area contributed by atoms with Crippen LogP contribution in [0.5, 0.6) is 0 Å². The van der Waals surface area contributed by atoms with E-state index in [1.807, 2.05) is 0 Å². The van der Waals surface area contributed by atoms with Crippen molar-refractivity contribution >= 4 is 17.9 Å². The lowest BCUT2D eigenvalue weighted by atomic mass is 9.96. The standard InChI is InChI=1S/C6H8O7.4H3N/c7-3(8)1-6(13,5(11)12)2-4(9)10;;;;/h13H,1-2H2,(H,7,8)(H,9,10)(H,11,12);4*1H3. The normalized spacial score (nSPS) is 8.29. The number of hydrogen-bond acceptors (Lipinski definition) is 8. The second-order valence-corrected chi connectivity index (χ2v) is 2.48. The minimum atomic E-state index is -2.74. The molecule has 0 aromatic rings. The van der Waals surface area contributed by atoms with Gasteiger partial charge in [0.05, 0.1) is 12.8 Å². The van der Waals surface area contributed by atoms with Crippen molar-refractivity contribution in [2.45, 2.75) is 18.4 Å². The third-order valence-electron chi connectivity index (χ3n) is 1.29. The molecule has 0 aromatic carbocycles. The Morgan fingerprint density at radius 1 is 0.765 bits per heavy atom. The molecular formula is C6H20N4O7. The first-order valence-corrected chi connectivity index (χ1v) is 3.17. The molecule has 0 fully saturated rings. The van der Waals surface area contributed by atoms with Crippen LogP contribution in [0.25, 0.3) is 0 Å². The molecule has 0 unspecified atom stereocenters. The summed E-state index contributed by atoms with van der Waals surface area (Å²) >= 11 is 0. The summed E-state index contributed by atoms with van der Waals surface area (Å²) in [6.07, 6.45) is -2.29. The Hall–Kier alpha value is -1.79. The van der Waals surface area contributed by atoms with Crippen LogP contribution in [0.1, 0.15) is 12.8 Å². The van der Waals surface area contributed by atoms with Gasteiger partial charge < -0.3 is 45.0 Å². The molecule has 0 atom stereocenters. The topological polar surface area (TPSA) is 272 Å². The van der Waals surface area contributed by atoms with Crippen LogP contribution in [0.2, 0.25) is 0 Å². The van der Waals surface area contributed by atoms with Crippen molar-refractivity contribution in [2.24, 2.45) is 0 Å². The van der Waals surface area contributed by atoms with Gasteiger partial charge in [-0.3, -0.25) is 9.59 Å². The van der Waals surface area contributed by atoms with E-state index in [1.165, 1.54) is 0 Å². The maximum Gasteiger partial charge on any atom is 0.336 e. The van der Waals surface area contributed by atoms with E-state index in [0.717, 1.165) is 0 Å². The summed E-state index contributed by atoms with van der Waals surface area (Å²) in [5.74, 6) is -5.02. The average Bonchev–Trinajstić information content (AvgIpc) is 1.82. The molecule has 0 aliphatic heterocycles. The minimum Gasteiger partial charge on any atom is -0.481 e. The molecule has 11 heteroatoms. The highest BCUT2D eigenvalue weighted by molar-refractivity contribution is 5.88. The van der Waals surface area contributed by atoms with Gasteiger partial charge in [0.25, 0.3) is 0 Å². The van der Waals surface area contributed by atoms with E-state index in [0.29, 0.717) is 0 Å². The molecule has 0 rings (SSSR count). The van der Waals surface area contributed by atoms with Crippen molar-refractivity contribution in [1.82, 2.24) is 24.6 Å². The number of rotatable bonds is 5. The number of aliphatic carboxylic acids is 3. The number of carbonyl (C=O) groups is 3. The largest absolute Gasteiger partial charge is 0.481 e. The number of carboxylic acids is 3. The third-order valence-corrected chi connectivity index (χ3v) is 1.29. The summed E-state index contributed by atoms with van der Waals surface area (Å²) in [7, 11) is 0. The van der Waals surface area contributed by atoms with Gasteiger partial charge in [-0.05, 0) is 0 Å². The van der Waals surface area contributed by atoms with Crippen LogP contribution < -0.4 is 24.6 Å². The lowest BCUT2D eigenvalue weighted by molar-refractivity contribution is -0.170. The van der Waals surface area contributed by atoms with Gasteiger partial charge in [0, 0.05) is 0 Å². The number of carboxylic acid groups (broad SMARTS) is 3. The summed E-state index contributed by atoms with van der Waals surface area (Å²) < 4.78 is 0. The molecule has 0 saturated heterocycles. The molecule has 11 nitrogen and oxygen atoms in total. The van der Waals surface area contributed by atoms with Crippen molar-refractivity contribution in [3.63, 3.8) is 0 Å². The fourth-order valence-electron chi connectivity index (χ4n) is 0.714. The van der Waals surface area contributed by atoms with E-state index >= 15 is 0 Å². The van der Waals surface area contributed by atoms with E-state index < -0.39 is 36.4 Å². The third kappa shape index (κ3) is 10.5. The van der Waals surface area contributed by atoms with Crippen LogP contribution >= 0.6 is 0 Å². The summed E-state index contributed by atoms with van der Waals surface area (Å²) in [4.78, 5) is 30.5. The van der Waals surface area contributed by atoms with Gasteiger partial charge in [-0.25, -0.2) is 4.79 Å². The Bertz CT molecular complexity index is 241. The molecule has 0 aliphatic carbocycles. The molecule has 0 bridgehead atoms. The van der Waals surface area contributed by atoms with Crippen LogP contribution in [0.4, 0.5) is 0 Å². The summed E-state index contributed by atoms with van der Waals surface area (Å²) in [5, 5.41) is 33.8. The molecule has 106 valence electrons. The first-order chi connectivity index (χ1) is 5.78. The Morgan fingerprint density at radius 2 is 1.00 bits per heavy atom. The van der Waals surface area contributed by atoms with Crippen molar-refractivity contribution in [3.8, 4) is 0 Å². The Morgan fingerprint density at radius 3 is 1.12 bits per heavy atom. The molecule has 0 radical (unpaired) electrons. The Kier molecular flexibility index (Phi) is 18.6. The van der Waals surface area contributed by atoms with Crippen LogP contribution in [-0.4, -0.2) is 43.9 Å². The lowest BCUT2D eigenvalue weighted by Crippen LogP contribution is -2.42. The minimum absolute atomic E-state index is 0. The van der Waals surface area contributed by atoms with Gasteiger partial charge in [0.15, 0.2) is 5.60 Å². The van der Waals surface area contributed by atoms with Crippen LogP contribution in [0.15, 0.2) is 0 Å². The zero-order valence-electron chi connectivity index (χ0n) is 9.26. The zero-order valence-corrected chi connectivity index (χ0v) is 9.26. The van der Waals surface area contributed by atoms with Crippen molar-refractivity contribution in [3.05, 3.63) is 0 Å². The molecule has 17 heavy (non-hydrogen) atoms. The van der Waals surface area contributed by atoms with E-state index in [2.05, 4.69) is 0 Å². The van der Waals surface area contributed by atoms with Crippen molar-refractivity contribution in [2.75, 3.05) is 0 Å². The monoisotopic (exact) mass is 260 g/mol. The number of hydrogen-bond donors (Lipinski definition) is 8. The van der Waals surface area contributed by atoms with Crippen molar-refractivity contribution < 1.29 is 34.8 Å². The maximum absolute atomic E-state index is 10.3. The highest BCUT2D eigenvalue weighted by Crippen LogP contribution is 2.15. The Labute approximate surface area is 96.8 Å². The Balaban J connectivity index is -0.000000120. The molecule has 0 heterocycles. The molecule has 0 amide bonds. The van der Waals surface area contributed by atoms with Gasteiger partial charge in [0.2, 0.25) is 0 Å². The van der Waals surface area contributed by atoms with Crippen molar-refractivity contribution in [1.29, 1.82) is 0 Å². The second kappa shape index (κ2) is 10.7. The van der Waals surface area contributed by atoms with Gasteiger partial charge in [-0.1, -0.05) is 0 Å². The molecule has 0 aromatic heterocycles. The number of aliphatic hydroxyl groups is 1. The van der Waals surface area contributed by atoms with E-state index in [1.54, 1.807) is 0 Å². The fourth-order valence-corrected chi connectivity index (χ4v) is 0.714. The van der Waals surface area contributed by atoms with Gasteiger partial charge in [0.1, 0.15) is 0 Å². The average molecular weight is 260 g/mol. The molecule has 16 N–H and O–H groups in total. The van der Waals surface area contributed by atoms with Crippen LogP contribution in [-0.2, 0) is 14.4 Å². The highest BCUT2D eigenvalue weighted by Gasteiger charge is 2.40. The molecular weight excluding hydrogens is 240 g/mol. The van der Waals surface area contributed by atoms with Gasteiger partial charge >= 0.3 is 17.9 Å². The zero-order chi connectivity index (χ0) is 10.6. The first kappa shape index (κ1) is 29.5. The summed E-state index contributed by atoms with van der Waals surface area (Å²) in [5.41, 5.74) is -2.74. The smallest absolute Gasteiger partial charge is 0.336 e. The van der Waals surface area contributed by atoms with Gasteiger partial charge in [-0.15, -0.1) is 0 Å². The lowest BCUT2D eigenvalue weighted by Gasteiger charge is -2.18. The maximum atomic E-state index is 10.3. The predicted octanol–water partition coefficient (Wildman–Crippen LogP) is -0.601. The van der Waals surface area contributed by atoms with Crippen LogP contribution in [0.3, 0.4) is 0 Å². The predicted molar refractivity (Wildman–Crippen MR) is 57.2 cm³/mol. The van der Waals surface area contributed by atoms with E-state index in [-0.39, 0.29) is 24.6 Å². The second-order valence-electron chi connectivity index (χ2n) is 2.48. The fraction of sp³-hybridized carbons (Fsp3) is 0.500. The summed E-state index contributed by atoms with van der Waals surface area (Å²) in [6, 6.07) is 0. The molecule has 0 spiro atoms. The van der Waals surface area contributed by atoms with E-state index in [9.17, 15) is 14.4 Å². The quantitative estimate of drug-likeness (QED) is 0.308. The van der Waals surface area contributed by atoms with Gasteiger partial charge in [-0.2, -0.15) is 0 Å². The highest BCUT2D eigenvalue weighted by atomic mass is 16.4. The molecule has 0 aliphatic rings.